The minimum Gasteiger partial charge on any atom is -0.394 e. The average Bonchev–Trinajstić information content (AvgIpc) is 3.17. The quantitative estimate of drug-likeness (QED) is 0.901. The van der Waals surface area contributed by atoms with E-state index in [1.807, 2.05) is 36.1 Å². The van der Waals surface area contributed by atoms with Gasteiger partial charge in [-0.05, 0) is 25.0 Å². The molecule has 1 atom stereocenters. The van der Waals surface area contributed by atoms with Crippen LogP contribution in [0.4, 0.5) is 0 Å². The summed E-state index contributed by atoms with van der Waals surface area (Å²) < 4.78 is 3.57. The number of carbonyl (C=O) groups is 1. The number of aliphatic hydroxyl groups is 1. The first-order valence-electron chi connectivity index (χ1n) is 6.79. The van der Waals surface area contributed by atoms with Crippen molar-refractivity contribution in [1.29, 1.82) is 0 Å². The van der Waals surface area contributed by atoms with Crippen LogP contribution >= 0.6 is 0 Å². The van der Waals surface area contributed by atoms with Crippen molar-refractivity contribution in [3.8, 4) is 5.82 Å². The average molecular weight is 274 g/mol. The van der Waals surface area contributed by atoms with Gasteiger partial charge in [-0.15, -0.1) is 0 Å². The van der Waals surface area contributed by atoms with E-state index >= 15 is 0 Å². The van der Waals surface area contributed by atoms with Gasteiger partial charge in [-0.1, -0.05) is 0 Å². The maximum Gasteiger partial charge on any atom is 0.259 e. The van der Waals surface area contributed by atoms with Crippen molar-refractivity contribution >= 4 is 5.91 Å². The molecule has 1 aliphatic rings. The number of aryl methyl sites for hydroxylation is 1. The molecule has 3 rings (SSSR count). The topological polar surface area (TPSA) is 63.3 Å². The van der Waals surface area contributed by atoms with Crippen molar-refractivity contribution < 1.29 is 9.90 Å². The summed E-state index contributed by atoms with van der Waals surface area (Å²) in [4.78, 5) is 14.4. The van der Waals surface area contributed by atoms with Crippen molar-refractivity contribution in [3.05, 3.63) is 36.3 Å². The molecular formula is C14H18N4O2. The number of amides is 1. The lowest BCUT2D eigenvalue weighted by atomic mass is 10.2. The Labute approximate surface area is 117 Å². The molecule has 0 aromatic carbocycles. The summed E-state index contributed by atoms with van der Waals surface area (Å²) in [5.41, 5.74) is 0.573. The molecule has 20 heavy (non-hydrogen) atoms. The number of rotatable bonds is 3. The largest absolute Gasteiger partial charge is 0.394 e. The first kappa shape index (κ1) is 12.9. The van der Waals surface area contributed by atoms with Crippen molar-refractivity contribution in [2.24, 2.45) is 7.05 Å². The number of aromatic nitrogens is 3. The summed E-state index contributed by atoms with van der Waals surface area (Å²) in [6.45, 7) is 0.717. The van der Waals surface area contributed by atoms with Gasteiger partial charge in [0, 0.05) is 26.0 Å². The summed E-state index contributed by atoms with van der Waals surface area (Å²) >= 11 is 0. The predicted octanol–water partition coefficient (Wildman–Crippen LogP) is 0.808. The van der Waals surface area contributed by atoms with E-state index in [0.717, 1.165) is 18.7 Å². The Balaban J connectivity index is 1.97. The zero-order chi connectivity index (χ0) is 14.1. The monoisotopic (exact) mass is 274 g/mol. The second-order valence-electron chi connectivity index (χ2n) is 5.07. The molecule has 0 aliphatic carbocycles. The van der Waals surface area contributed by atoms with E-state index in [2.05, 4.69) is 5.10 Å². The number of hydrogen-bond donors (Lipinski definition) is 1. The minimum absolute atomic E-state index is 0.0187. The van der Waals surface area contributed by atoms with Gasteiger partial charge < -0.3 is 14.6 Å². The lowest BCUT2D eigenvalue weighted by molar-refractivity contribution is 0.0677. The maximum absolute atomic E-state index is 12.7. The molecular weight excluding hydrogens is 256 g/mol. The molecule has 0 saturated carbocycles. The van der Waals surface area contributed by atoms with Crippen LogP contribution in [0.25, 0.3) is 5.82 Å². The number of carbonyl (C=O) groups excluding carboxylic acids is 1. The highest BCUT2D eigenvalue weighted by Crippen LogP contribution is 2.22. The van der Waals surface area contributed by atoms with Crippen LogP contribution in [0, 0.1) is 0 Å². The highest BCUT2D eigenvalue weighted by Gasteiger charge is 2.31. The van der Waals surface area contributed by atoms with Crippen LogP contribution < -0.4 is 0 Å². The fourth-order valence-electron chi connectivity index (χ4n) is 2.81. The summed E-state index contributed by atoms with van der Waals surface area (Å²) in [6.07, 6.45) is 7.18. The lowest BCUT2D eigenvalue weighted by Crippen LogP contribution is -2.37. The molecule has 6 nitrogen and oxygen atoms in total. The number of nitrogens with zero attached hydrogens (tertiary/aromatic N) is 4. The smallest absolute Gasteiger partial charge is 0.259 e. The summed E-state index contributed by atoms with van der Waals surface area (Å²) in [7, 11) is 1.82. The minimum atomic E-state index is -0.0692. The molecule has 0 unspecified atom stereocenters. The van der Waals surface area contributed by atoms with Crippen LogP contribution in [0.15, 0.2) is 30.7 Å². The van der Waals surface area contributed by atoms with Gasteiger partial charge in [0.25, 0.3) is 5.91 Å². The van der Waals surface area contributed by atoms with Crippen molar-refractivity contribution in [2.75, 3.05) is 13.2 Å². The lowest BCUT2D eigenvalue weighted by Gasteiger charge is -2.23. The number of aliphatic hydroxyl groups excluding tert-OH is 1. The van der Waals surface area contributed by atoms with Crippen LogP contribution in [-0.4, -0.2) is 49.5 Å². The third kappa shape index (κ3) is 2.02. The molecule has 2 aromatic heterocycles. The standard InChI is InChI=1S/C14H18N4O2/c1-16-13(17-6-2-3-7-17)12(9-15-16)14(20)18-8-4-5-11(18)10-19/h2-3,6-7,9,11,19H,4-5,8,10H2,1H3/t11-/m0/s1. The second kappa shape index (κ2) is 5.13. The van der Waals surface area contributed by atoms with Gasteiger partial charge in [-0.25, -0.2) is 0 Å². The van der Waals surface area contributed by atoms with Crippen LogP contribution in [0.2, 0.25) is 0 Å². The van der Waals surface area contributed by atoms with Gasteiger partial charge >= 0.3 is 0 Å². The SMILES string of the molecule is Cn1ncc(C(=O)N2CCC[C@H]2CO)c1-n1cccc1. The Bertz CT molecular complexity index is 603. The van der Waals surface area contributed by atoms with E-state index in [4.69, 9.17) is 0 Å². The molecule has 3 heterocycles. The molecule has 1 N–H and O–H groups in total. The molecule has 6 heteroatoms. The molecule has 0 radical (unpaired) electrons. The molecule has 1 fully saturated rings. The van der Waals surface area contributed by atoms with Crippen molar-refractivity contribution in [1.82, 2.24) is 19.2 Å². The van der Waals surface area contributed by atoms with Crippen molar-refractivity contribution in [3.63, 3.8) is 0 Å². The highest BCUT2D eigenvalue weighted by molar-refractivity contribution is 5.97. The normalized spacial score (nSPS) is 18.7. The van der Waals surface area contributed by atoms with E-state index in [-0.39, 0.29) is 18.6 Å². The predicted molar refractivity (Wildman–Crippen MR) is 73.7 cm³/mol. The van der Waals surface area contributed by atoms with Gasteiger partial charge in [-0.3, -0.25) is 9.48 Å². The summed E-state index contributed by atoms with van der Waals surface area (Å²) in [5.74, 6) is 0.696. The van der Waals surface area contributed by atoms with Gasteiger partial charge in [-0.2, -0.15) is 5.10 Å². The molecule has 106 valence electrons. The maximum atomic E-state index is 12.7. The van der Waals surface area contributed by atoms with E-state index in [1.165, 1.54) is 0 Å². The molecule has 1 saturated heterocycles. The van der Waals surface area contributed by atoms with E-state index in [1.54, 1.807) is 15.8 Å². The van der Waals surface area contributed by atoms with Crippen LogP contribution in [0.5, 0.6) is 0 Å². The molecule has 1 amide bonds. The Hall–Kier alpha value is -2.08. The molecule has 2 aromatic rings. The van der Waals surface area contributed by atoms with Crippen molar-refractivity contribution in [2.45, 2.75) is 18.9 Å². The first-order valence-corrected chi connectivity index (χ1v) is 6.79. The van der Waals surface area contributed by atoms with Gasteiger partial charge in [0.05, 0.1) is 18.8 Å². The summed E-state index contributed by atoms with van der Waals surface area (Å²) in [6, 6.07) is 3.75. The summed E-state index contributed by atoms with van der Waals surface area (Å²) in [5, 5.41) is 13.6. The Morgan fingerprint density at radius 2 is 2.20 bits per heavy atom. The van der Waals surface area contributed by atoms with E-state index in [9.17, 15) is 9.90 Å². The molecule has 0 bridgehead atoms. The fraction of sp³-hybridized carbons (Fsp3) is 0.429. The van der Waals surface area contributed by atoms with Gasteiger partial charge in [0.1, 0.15) is 11.4 Å². The third-order valence-electron chi connectivity index (χ3n) is 3.84. The van der Waals surface area contributed by atoms with Gasteiger partial charge in [0.15, 0.2) is 0 Å². The highest BCUT2D eigenvalue weighted by atomic mass is 16.3. The Morgan fingerprint density at radius 1 is 1.45 bits per heavy atom. The van der Waals surface area contributed by atoms with Gasteiger partial charge in [0.2, 0.25) is 0 Å². The third-order valence-corrected chi connectivity index (χ3v) is 3.84. The van der Waals surface area contributed by atoms with Crippen LogP contribution in [-0.2, 0) is 7.05 Å². The van der Waals surface area contributed by atoms with Crippen LogP contribution in [0.3, 0.4) is 0 Å². The first-order chi connectivity index (χ1) is 9.72. The van der Waals surface area contributed by atoms with E-state index < -0.39 is 0 Å². The zero-order valence-electron chi connectivity index (χ0n) is 11.4. The fourth-order valence-corrected chi connectivity index (χ4v) is 2.81. The second-order valence-corrected chi connectivity index (χ2v) is 5.07. The van der Waals surface area contributed by atoms with E-state index in [0.29, 0.717) is 12.1 Å². The number of likely N-dealkylation sites (tertiary alicyclic amines) is 1. The Kier molecular flexibility index (Phi) is 3.31. The molecule has 0 spiro atoms. The molecule has 1 aliphatic heterocycles. The Morgan fingerprint density at radius 3 is 2.90 bits per heavy atom. The zero-order valence-corrected chi connectivity index (χ0v) is 11.4. The number of hydrogen-bond acceptors (Lipinski definition) is 3. The van der Waals surface area contributed by atoms with Crippen LogP contribution in [0.1, 0.15) is 23.2 Å².